The number of aliphatic hydroxyl groups is 1. The van der Waals surface area contributed by atoms with Crippen LogP contribution in [-0.4, -0.2) is 76.3 Å². The molecule has 1 amide bonds. The molecule has 1 N–H and O–H groups in total. The Kier molecular flexibility index (Phi) is 7.42. The summed E-state index contributed by atoms with van der Waals surface area (Å²) in [5.74, 6) is -3.71. The quantitative estimate of drug-likeness (QED) is 0.327. The number of halogens is 6. The largest absolute Gasteiger partial charge is 0.416 e. The van der Waals surface area contributed by atoms with Crippen LogP contribution in [0.4, 0.5) is 22.0 Å². The molecule has 3 heterocycles. The van der Waals surface area contributed by atoms with Gasteiger partial charge in [0.2, 0.25) is 0 Å². The number of hydrogen-bond acceptors (Lipinski definition) is 6. The van der Waals surface area contributed by atoms with Crippen molar-refractivity contribution in [1.29, 1.82) is 0 Å². The van der Waals surface area contributed by atoms with Gasteiger partial charge in [-0.2, -0.15) is 13.2 Å². The van der Waals surface area contributed by atoms with Gasteiger partial charge >= 0.3 is 11.9 Å². The summed E-state index contributed by atoms with van der Waals surface area (Å²) in [6.07, 6.45) is -7.00. The van der Waals surface area contributed by atoms with Gasteiger partial charge in [-0.25, -0.2) is 27.9 Å². The summed E-state index contributed by atoms with van der Waals surface area (Å²) in [5, 5.41) is 18.4. The number of amides is 1. The monoisotopic (exact) mass is 597 g/mol. The average Bonchev–Trinajstić information content (AvgIpc) is 3.62. The molecule has 0 spiro atoms. The molecule has 0 saturated carbocycles. The van der Waals surface area contributed by atoms with E-state index in [1.807, 2.05) is 0 Å². The number of benzene rings is 2. The zero-order chi connectivity index (χ0) is 29.5. The fourth-order valence-electron chi connectivity index (χ4n) is 4.35. The van der Waals surface area contributed by atoms with Crippen LogP contribution in [0.25, 0.3) is 17.1 Å². The van der Waals surface area contributed by atoms with E-state index < -0.39 is 49.3 Å². The molecular formula is C25H21ClF5N7O3. The van der Waals surface area contributed by atoms with Crippen LogP contribution in [0.3, 0.4) is 0 Å². The molecule has 1 saturated heterocycles. The number of rotatable bonds is 7. The smallest absolute Gasteiger partial charge is 0.382 e. The fraction of sp³-hybridized carbons (Fsp3) is 0.320. The van der Waals surface area contributed by atoms with Crippen LogP contribution in [0, 0.1) is 0 Å². The lowest BCUT2D eigenvalue weighted by Crippen LogP contribution is -2.37. The Morgan fingerprint density at radius 3 is 2.46 bits per heavy atom. The van der Waals surface area contributed by atoms with E-state index in [1.165, 1.54) is 47.4 Å². The van der Waals surface area contributed by atoms with E-state index in [0.717, 1.165) is 9.58 Å². The molecule has 1 aliphatic rings. The van der Waals surface area contributed by atoms with Crippen LogP contribution in [0.5, 0.6) is 0 Å². The molecule has 1 atom stereocenters. The fourth-order valence-corrected chi connectivity index (χ4v) is 4.48. The lowest BCUT2D eigenvalue weighted by atomic mass is 10.1. The second-order valence-corrected chi connectivity index (χ2v) is 9.83. The minimum Gasteiger partial charge on any atom is -0.382 e. The maximum atomic E-state index is 13.7. The number of nitrogens with zero attached hydrogens (tertiary/aromatic N) is 7. The summed E-state index contributed by atoms with van der Waals surface area (Å²) in [4.78, 5) is 31.3. The first-order chi connectivity index (χ1) is 19.3. The van der Waals surface area contributed by atoms with Crippen molar-refractivity contribution < 1.29 is 31.9 Å². The molecule has 10 nitrogen and oxygen atoms in total. The first-order valence-electron chi connectivity index (χ1n) is 12.2. The van der Waals surface area contributed by atoms with Crippen LogP contribution in [0.2, 0.25) is 5.02 Å². The number of likely N-dealkylation sites (tertiary alicyclic amines) is 1. The third-order valence-electron chi connectivity index (χ3n) is 6.43. The molecular weight excluding hydrogens is 577 g/mol. The van der Waals surface area contributed by atoms with Crippen molar-refractivity contribution in [3.05, 3.63) is 81.8 Å². The predicted molar refractivity (Wildman–Crippen MR) is 135 cm³/mol. The Morgan fingerprint density at radius 1 is 1.10 bits per heavy atom. The minimum atomic E-state index is -4.98. The van der Waals surface area contributed by atoms with Gasteiger partial charge in [-0.05, 0) is 36.4 Å². The van der Waals surface area contributed by atoms with Crippen molar-refractivity contribution in [2.75, 3.05) is 13.1 Å². The summed E-state index contributed by atoms with van der Waals surface area (Å²) in [5.41, 5.74) is -0.327. The van der Waals surface area contributed by atoms with E-state index in [2.05, 4.69) is 15.2 Å². The van der Waals surface area contributed by atoms with Crippen LogP contribution >= 0.6 is 11.6 Å². The maximum Gasteiger partial charge on any atom is 0.416 e. The van der Waals surface area contributed by atoms with Crippen LogP contribution in [-0.2, 0) is 13.1 Å². The molecule has 4 aromatic rings. The van der Waals surface area contributed by atoms with Crippen LogP contribution in [0.15, 0.2) is 59.7 Å². The Morgan fingerprint density at radius 2 is 1.80 bits per heavy atom. The highest BCUT2D eigenvalue weighted by Gasteiger charge is 2.41. The number of aliphatic hydroxyl groups excluding tert-OH is 1. The molecule has 41 heavy (non-hydrogen) atoms. The van der Waals surface area contributed by atoms with Gasteiger partial charge in [0, 0.05) is 23.6 Å². The van der Waals surface area contributed by atoms with Gasteiger partial charge in [0.25, 0.3) is 11.8 Å². The number of para-hydroxylation sites is 1. The highest BCUT2D eigenvalue weighted by molar-refractivity contribution is 6.30. The Balaban J connectivity index is 1.45. The zero-order valence-corrected chi connectivity index (χ0v) is 21.7. The van der Waals surface area contributed by atoms with E-state index in [1.54, 1.807) is 12.1 Å². The van der Waals surface area contributed by atoms with E-state index in [0.29, 0.717) is 9.59 Å². The number of hydrogen-bond donors (Lipinski definition) is 1. The third-order valence-corrected chi connectivity index (χ3v) is 6.68. The van der Waals surface area contributed by atoms with Crippen molar-refractivity contribution in [3.63, 3.8) is 0 Å². The summed E-state index contributed by atoms with van der Waals surface area (Å²) in [6, 6.07) is 12.0. The molecule has 1 aliphatic heterocycles. The van der Waals surface area contributed by atoms with Crippen LogP contribution in [0.1, 0.15) is 22.6 Å². The minimum absolute atomic E-state index is 0.0192. The molecule has 16 heteroatoms. The normalized spacial score (nSPS) is 15.8. The van der Waals surface area contributed by atoms with Gasteiger partial charge in [0.1, 0.15) is 12.9 Å². The van der Waals surface area contributed by atoms with Crippen molar-refractivity contribution in [2.45, 2.75) is 37.7 Å². The van der Waals surface area contributed by atoms with E-state index in [-0.39, 0.29) is 41.6 Å². The summed E-state index contributed by atoms with van der Waals surface area (Å²) in [7, 11) is 0. The van der Waals surface area contributed by atoms with Gasteiger partial charge in [0.15, 0.2) is 17.8 Å². The van der Waals surface area contributed by atoms with E-state index in [9.17, 15) is 36.6 Å². The molecule has 2 aromatic heterocycles. The standard InChI is InChI=1S/C25H21ClF5N7O3/c26-16-7-5-15(6-8-16)21-34-37(23(41)36(21)11-19(39)25(29,30)31)12-20-32-14-38(33-20)18-4-2-1-3-17(18)22(40)35-10-9-24(27,28)13-35/h1-8,14,19,39H,9-13H2/t19-/m0/s1. The first kappa shape index (κ1) is 28.4. The van der Waals surface area contributed by atoms with Crippen molar-refractivity contribution in [1.82, 2.24) is 34.0 Å². The molecule has 5 rings (SSSR count). The molecule has 0 bridgehead atoms. The average molecular weight is 598 g/mol. The van der Waals surface area contributed by atoms with Gasteiger partial charge in [0.05, 0.1) is 24.3 Å². The van der Waals surface area contributed by atoms with Gasteiger partial charge in [-0.1, -0.05) is 23.7 Å². The predicted octanol–water partition coefficient (Wildman–Crippen LogP) is 3.40. The topological polar surface area (TPSA) is 111 Å². The Bertz CT molecular complexity index is 1630. The lowest BCUT2D eigenvalue weighted by molar-refractivity contribution is -0.207. The Labute approximate surface area is 233 Å². The molecule has 216 valence electrons. The number of alkyl halides is 5. The van der Waals surface area contributed by atoms with Crippen LogP contribution < -0.4 is 5.69 Å². The second kappa shape index (κ2) is 10.7. The molecule has 1 fully saturated rings. The van der Waals surface area contributed by atoms with Gasteiger partial charge in [-0.15, -0.1) is 10.2 Å². The SMILES string of the molecule is O=C(c1ccccc1-n1cnc(Cn2nc(-c3ccc(Cl)cc3)n(C[C@H](O)C(F)(F)F)c2=O)n1)N1CCC(F)(F)C1. The first-order valence-corrected chi connectivity index (χ1v) is 12.6. The number of carbonyl (C=O) groups is 1. The highest BCUT2D eigenvalue weighted by Crippen LogP contribution is 2.29. The lowest BCUT2D eigenvalue weighted by Gasteiger charge is -2.18. The van der Waals surface area contributed by atoms with E-state index >= 15 is 0 Å². The summed E-state index contributed by atoms with van der Waals surface area (Å²) >= 11 is 5.90. The number of carbonyl (C=O) groups excluding carboxylic acids is 1. The van der Waals surface area contributed by atoms with Crippen molar-refractivity contribution in [2.24, 2.45) is 0 Å². The van der Waals surface area contributed by atoms with Crippen molar-refractivity contribution >= 4 is 17.5 Å². The zero-order valence-electron chi connectivity index (χ0n) is 21.0. The molecule has 0 unspecified atom stereocenters. The number of aromatic nitrogens is 6. The van der Waals surface area contributed by atoms with E-state index in [4.69, 9.17) is 11.6 Å². The maximum absolute atomic E-state index is 13.7. The summed E-state index contributed by atoms with van der Waals surface area (Å²) < 4.78 is 69.4. The Hall–Kier alpha value is -4.11. The third kappa shape index (κ3) is 6.00. The van der Waals surface area contributed by atoms with Gasteiger partial charge in [-0.3, -0.25) is 9.36 Å². The summed E-state index contributed by atoms with van der Waals surface area (Å²) in [6.45, 7) is -2.27. The highest BCUT2D eigenvalue weighted by atomic mass is 35.5. The van der Waals surface area contributed by atoms with Gasteiger partial charge < -0.3 is 10.0 Å². The molecule has 0 radical (unpaired) electrons. The van der Waals surface area contributed by atoms with Crippen molar-refractivity contribution in [3.8, 4) is 17.1 Å². The second-order valence-electron chi connectivity index (χ2n) is 9.39. The molecule has 0 aliphatic carbocycles. The molecule has 2 aromatic carbocycles.